The highest BCUT2D eigenvalue weighted by Gasteiger charge is 2.35. The summed E-state index contributed by atoms with van der Waals surface area (Å²) in [5.74, 6) is 0.816. The van der Waals surface area contributed by atoms with Gasteiger partial charge in [-0.15, -0.1) is 0 Å². The zero-order valence-corrected chi connectivity index (χ0v) is 20.0. The highest BCUT2D eigenvalue weighted by Crippen LogP contribution is 2.36. The van der Waals surface area contributed by atoms with Gasteiger partial charge in [-0.25, -0.2) is 4.98 Å². The van der Waals surface area contributed by atoms with E-state index in [-0.39, 0.29) is 17.9 Å². The highest BCUT2D eigenvalue weighted by atomic mass is 19.4. The predicted octanol–water partition coefficient (Wildman–Crippen LogP) is 8.21. The molecule has 1 saturated carbocycles. The van der Waals surface area contributed by atoms with Crippen LogP contribution in [0.3, 0.4) is 0 Å². The Kier molecular flexibility index (Phi) is 7.78. The number of ether oxygens (including phenoxy) is 1. The summed E-state index contributed by atoms with van der Waals surface area (Å²) in [6.45, 7) is 4.27. The van der Waals surface area contributed by atoms with Crippen molar-refractivity contribution >= 4 is 23.1 Å². The molecule has 1 aromatic heterocycles. The molecule has 0 radical (unpaired) electrons. The Bertz CT molecular complexity index is 1110. The van der Waals surface area contributed by atoms with Crippen molar-refractivity contribution < 1.29 is 17.9 Å². The van der Waals surface area contributed by atoms with Crippen LogP contribution in [0.5, 0.6) is 5.75 Å². The first kappa shape index (κ1) is 24.8. The van der Waals surface area contributed by atoms with E-state index in [0.717, 1.165) is 38.3 Å². The number of nitrogens with one attached hydrogen (secondary N) is 2. The van der Waals surface area contributed by atoms with E-state index in [1.807, 2.05) is 30.3 Å². The third-order valence-electron chi connectivity index (χ3n) is 6.39. The van der Waals surface area contributed by atoms with E-state index in [1.165, 1.54) is 12.0 Å². The molecule has 4 rings (SSSR count). The fourth-order valence-corrected chi connectivity index (χ4v) is 4.16. The Morgan fingerprint density at radius 1 is 1.00 bits per heavy atom. The molecule has 2 N–H and O–H groups in total. The Morgan fingerprint density at radius 2 is 1.74 bits per heavy atom. The van der Waals surface area contributed by atoms with Crippen molar-refractivity contribution in [1.82, 2.24) is 9.97 Å². The lowest BCUT2D eigenvalue weighted by Crippen LogP contribution is -2.19. The maximum absolute atomic E-state index is 13.7. The maximum atomic E-state index is 13.7. The molecule has 5 nitrogen and oxygen atoms in total. The molecule has 2 aromatic carbocycles. The molecule has 0 aliphatic heterocycles. The van der Waals surface area contributed by atoms with Gasteiger partial charge < -0.3 is 15.4 Å². The van der Waals surface area contributed by atoms with Gasteiger partial charge in [0, 0.05) is 23.6 Å². The molecule has 0 amide bonds. The monoisotopic (exact) mass is 484 g/mol. The number of halogens is 3. The topological polar surface area (TPSA) is 59.1 Å². The molecule has 1 aliphatic rings. The number of benzene rings is 2. The molecule has 0 saturated heterocycles. The smallest absolute Gasteiger partial charge is 0.421 e. The second kappa shape index (κ2) is 11.0. The Labute approximate surface area is 204 Å². The van der Waals surface area contributed by atoms with Crippen molar-refractivity contribution in [3.05, 3.63) is 65.9 Å². The Balaban J connectivity index is 1.54. The van der Waals surface area contributed by atoms with Crippen molar-refractivity contribution in [2.24, 2.45) is 0 Å². The van der Waals surface area contributed by atoms with Gasteiger partial charge in [0.2, 0.25) is 5.95 Å². The van der Waals surface area contributed by atoms with Crippen LogP contribution < -0.4 is 15.4 Å². The first-order valence-electron chi connectivity index (χ1n) is 12.2. The van der Waals surface area contributed by atoms with E-state index in [2.05, 4.69) is 34.4 Å². The second-order valence-electron chi connectivity index (χ2n) is 9.04. The van der Waals surface area contributed by atoms with E-state index >= 15 is 0 Å². The number of hydrogen-bond acceptors (Lipinski definition) is 5. The van der Waals surface area contributed by atoms with Gasteiger partial charge in [-0.1, -0.05) is 38.5 Å². The van der Waals surface area contributed by atoms with Crippen molar-refractivity contribution in [3.63, 3.8) is 0 Å². The van der Waals surface area contributed by atoms with Crippen LogP contribution in [0, 0.1) is 0 Å². The summed E-state index contributed by atoms with van der Waals surface area (Å²) in [5, 5.41) is 5.83. The van der Waals surface area contributed by atoms with E-state index < -0.39 is 11.7 Å². The van der Waals surface area contributed by atoms with Crippen LogP contribution in [-0.4, -0.2) is 16.1 Å². The molecule has 1 fully saturated rings. The average Bonchev–Trinajstić information content (AvgIpc) is 2.84. The summed E-state index contributed by atoms with van der Waals surface area (Å²) in [5.41, 5.74) is 1.43. The van der Waals surface area contributed by atoms with Gasteiger partial charge in [0.25, 0.3) is 0 Å². The Hall–Kier alpha value is -3.29. The lowest BCUT2D eigenvalue weighted by atomic mass is 9.98. The van der Waals surface area contributed by atoms with Crippen LogP contribution in [0.2, 0.25) is 0 Å². The highest BCUT2D eigenvalue weighted by molar-refractivity contribution is 5.64. The minimum absolute atomic E-state index is 0.0754. The molecular weight excluding hydrogens is 453 g/mol. The molecule has 3 aromatic rings. The van der Waals surface area contributed by atoms with Crippen molar-refractivity contribution in [3.8, 4) is 5.75 Å². The molecule has 1 aliphatic carbocycles. The summed E-state index contributed by atoms with van der Waals surface area (Å²) in [7, 11) is 0. The molecule has 1 heterocycles. The number of anilines is 4. The molecule has 1 unspecified atom stereocenters. The van der Waals surface area contributed by atoms with Gasteiger partial charge >= 0.3 is 6.18 Å². The molecule has 0 spiro atoms. The fourth-order valence-electron chi connectivity index (χ4n) is 4.16. The minimum Gasteiger partial charge on any atom is -0.490 e. The quantitative estimate of drug-likeness (QED) is 0.337. The molecule has 0 bridgehead atoms. The van der Waals surface area contributed by atoms with E-state index in [9.17, 15) is 13.2 Å². The van der Waals surface area contributed by atoms with Crippen molar-refractivity contribution in [2.45, 2.75) is 70.6 Å². The third kappa shape index (κ3) is 6.65. The zero-order valence-electron chi connectivity index (χ0n) is 20.0. The van der Waals surface area contributed by atoms with Crippen molar-refractivity contribution in [2.75, 3.05) is 10.6 Å². The largest absolute Gasteiger partial charge is 0.490 e. The van der Waals surface area contributed by atoms with E-state index in [4.69, 9.17) is 4.74 Å². The van der Waals surface area contributed by atoms with Gasteiger partial charge in [0.15, 0.2) is 0 Å². The fraction of sp³-hybridized carbons (Fsp3) is 0.407. The minimum atomic E-state index is -4.60. The second-order valence-corrected chi connectivity index (χ2v) is 9.04. The van der Waals surface area contributed by atoms with Gasteiger partial charge in [-0.3, -0.25) is 0 Å². The van der Waals surface area contributed by atoms with Crippen LogP contribution in [-0.2, 0) is 6.18 Å². The Morgan fingerprint density at radius 3 is 2.43 bits per heavy atom. The number of aromatic nitrogens is 2. The van der Waals surface area contributed by atoms with Crippen LogP contribution >= 0.6 is 0 Å². The molecule has 186 valence electrons. The van der Waals surface area contributed by atoms with Gasteiger partial charge in [0.1, 0.15) is 17.1 Å². The summed E-state index contributed by atoms with van der Waals surface area (Å²) in [6, 6.07) is 14.7. The van der Waals surface area contributed by atoms with Gasteiger partial charge in [-0.05, 0) is 67.9 Å². The molecule has 8 heteroatoms. The zero-order chi connectivity index (χ0) is 24.8. The van der Waals surface area contributed by atoms with Gasteiger partial charge in [-0.2, -0.15) is 18.2 Å². The number of hydrogen-bond donors (Lipinski definition) is 2. The predicted molar refractivity (Wildman–Crippen MR) is 133 cm³/mol. The molecule has 1 atom stereocenters. The SMILES string of the molecule is CCC(C)c1ccc(Nc2ncc(C(F)(F)F)c(Nc3cccc(OC4CCCCC4)c3)n2)cc1. The third-order valence-corrected chi connectivity index (χ3v) is 6.39. The number of rotatable bonds is 8. The molecule has 35 heavy (non-hydrogen) atoms. The number of alkyl halides is 3. The lowest BCUT2D eigenvalue weighted by molar-refractivity contribution is -0.137. The normalized spacial score (nSPS) is 15.5. The first-order valence-corrected chi connectivity index (χ1v) is 12.2. The summed E-state index contributed by atoms with van der Waals surface area (Å²) < 4.78 is 47.1. The average molecular weight is 485 g/mol. The van der Waals surface area contributed by atoms with Crippen LogP contribution in [0.15, 0.2) is 54.7 Å². The molecular formula is C27H31F3N4O. The lowest BCUT2D eigenvalue weighted by Gasteiger charge is -2.23. The maximum Gasteiger partial charge on any atom is 0.421 e. The van der Waals surface area contributed by atoms with Crippen LogP contribution in [0.1, 0.15) is 69.4 Å². The standard InChI is InChI=1S/C27H31F3N4O/c1-3-18(2)19-12-14-20(15-13-19)33-26-31-17-24(27(28,29)30)25(34-26)32-21-8-7-11-23(16-21)35-22-9-5-4-6-10-22/h7-8,11-18,22H,3-6,9-10H2,1-2H3,(H2,31,32,33,34). The summed E-state index contributed by atoms with van der Waals surface area (Å²) in [6.07, 6.45) is 2.84. The number of nitrogens with zero attached hydrogens (tertiary/aromatic N) is 2. The van der Waals surface area contributed by atoms with Crippen LogP contribution in [0.4, 0.5) is 36.3 Å². The van der Waals surface area contributed by atoms with Crippen molar-refractivity contribution in [1.29, 1.82) is 0 Å². The first-order chi connectivity index (χ1) is 16.8. The van der Waals surface area contributed by atoms with E-state index in [0.29, 0.717) is 23.0 Å². The van der Waals surface area contributed by atoms with Crippen LogP contribution in [0.25, 0.3) is 0 Å². The summed E-state index contributed by atoms with van der Waals surface area (Å²) >= 11 is 0. The van der Waals surface area contributed by atoms with E-state index in [1.54, 1.807) is 18.2 Å². The van der Waals surface area contributed by atoms with Gasteiger partial charge in [0.05, 0.1) is 6.10 Å². The summed E-state index contributed by atoms with van der Waals surface area (Å²) in [4.78, 5) is 8.06.